The monoisotopic (exact) mass is 319 g/mol. The number of aromatic nitrogens is 1. The van der Waals surface area contributed by atoms with Gasteiger partial charge in [-0.05, 0) is 26.0 Å². The van der Waals surface area contributed by atoms with Crippen molar-refractivity contribution in [3.63, 3.8) is 0 Å². The molecule has 0 saturated carbocycles. The summed E-state index contributed by atoms with van der Waals surface area (Å²) < 4.78 is 5.22. The van der Waals surface area contributed by atoms with Crippen molar-refractivity contribution in [2.45, 2.75) is 32.9 Å². The molecule has 1 atom stereocenters. The van der Waals surface area contributed by atoms with Gasteiger partial charge >= 0.3 is 0 Å². The van der Waals surface area contributed by atoms with E-state index in [4.69, 9.17) is 4.74 Å². The van der Waals surface area contributed by atoms with E-state index in [0.717, 1.165) is 12.2 Å². The molecule has 1 aromatic heterocycles. The van der Waals surface area contributed by atoms with Crippen LogP contribution < -0.4 is 15.4 Å². The minimum atomic E-state index is -0.0365. The Labute approximate surface area is 134 Å². The van der Waals surface area contributed by atoms with Crippen molar-refractivity contribution in [3.8, 4) is 5.75 Å². The molecule has 1 amide bonds. The Morgan fingerprint density at radius 1 is 1.41 bits per heavy atom. The van der Waals surface area contributed by atoms with Crippen LogP contribution in [-0.2, 0) is 11.3 Å². The molecule has 1 heterocycles. The van der Waals surface area contributed by atoms with E-state index >= 15 is 0 Å². The quantitative estimate of drug-likeness (QED) is 0.823. The van der Waals surface area contributed by atoms with Gasteiger partial charge in [-0.2, -0.15) is 0 Å². The first-order valence-corrected chi connectivity index (χ1v) is 8.03. The Morgan fingerprint density at radius 2 is 2.18 bits per heavy atom. The lowest BCUT2D eigenvalue weighted by molar-refractivity contribution is -0.116. The van der Waals surface area contributed by atoms with Crippen molar-refractivity contribution in [3.05, 3.63) is 40.3 Å². The molecule has 5 nitrogen and oxygen atoms in total. The Bertz CT molecular complexity index is 627. The average Bonchev–Trinajstić information content (AvgIpc) is 2.91. The summed E-state index contributed by atoms with van der Waals surface area (Å²) in [6.07, 6.45) is 0.399. The number of benzene rings is 1. The number of hydrogen-bond donors (Lipinski definition) is 2. The maximum atomic E-state index is 12.1. The summed E-state index contributed by atoms with van der Waals surface area (Å²) in [6.45, 7) is 4.73. The number of ether oxygens (including phenoxy) is 1. The number of anilines is 1. The summed E-state index contributed by atoms with van der Waals surface area (Å²) in [5.74, 6) is 0.627. The van der Waals surface area contributed by atoms with Crippen LogP contribution in [0.1, 0.15) is 23.9 Å². The lowest BCUT2D eigenvalue weighted by Gasteiger charge is -2.14. The highest BCUT2D eigenvalue weighted by molar-refractivity contribution is 7.09. The van der Waals surface area contributed by atoms with Crippen LogP contribution in [-0.4, -0.2) is 24.0 Å². The molecule has 2 aromatic rings. The zero-order valence-corrected chi connectivity index (χ0v) is 13.9. The van der Waals surface area contributed by atoms with Gasteiger partial charge in [0, 0.05) is 23.9 Å². The van der Waals surface area contributed by atoms with Crippen LogP contribution >= 0.6 is 11.3 Å². The fourth-order valence-corrected chi connectivity index (χ4v) is 2.79. The molecule has 0 bridgehead atoms. The molecular formula is C16H21N3O2S. The van der Waals surface area contributed by atoms with Gasteiger partial charge in [0.1, 0.15) is 5.75 Å². The van der Waals surface area contributed by atoms with E-state index < -0.39 is 0 Å². The minimum Gasteiger partial charge on any atom is -0.495 e. The molecule has 0 saturated heterocycles. The van der Waals surface area contributed by atoms with Crippen LogP contribution in [0.25, 0.3) is 0 Å². The second-order valence-electron chi connectivity index (χ2n) is 5.10. The van der Waals surface area contributed by atoms with E-state index in [2.05, 4.69) is 15.6 Å². The fourth-order valence-electron chi connectivity index (χ4n) is 2.06. The number of nitrogens with zero attached hydrogens (tertiary/aromatic N) is 1. The van der Waals surface area contributed by atoms with E-state index in [1.807, 2.05) is 43.6 Å². The first-order valence-electron chi connectivity index (χ1n) is 7.15. The minimum absolute atomic E-state index is 0.0365. The van der Waals surface area contributed by atoms with Gasteiger partial charge in [-0.1, -0.05) is 12.1 Å². The largest absolute Gasteiger partial charge is 0.495 e. The SMILES string of the molecule is COc1ccccc1NC(=O)CC(C)NCc1scnc1C. The van der Waals surface area contributed by atoms with Crippen molar-refractivity contribution in [1.82, 2.24) is 10.3 Å². The Balaban J connectivity index is 1.82. The number of nitrogens with one attached hydrogen (secondary N) is 2. The van der Waals surface area contributed by atoms with E-state index in [1.165, 1.54) is 4.88 Å². The predicted octanol–water partition coefficient (Wildman–Crippen LogP) is 2.97. The van der Waals surface area contributed by atoms with Gasteiger partial charge < -0.3 is 15.4 Å². The van der Waals surface area contributed by atoms with Crippen LogP contribution in [0.5, 0.6) is 5.75 Å². The molecule has 2 rings (SSSR count). The van der Waals surface area contributed by atoms with Crippen LogP contribution in [0, 0.1) is 6.92 Å². The van der Waals surface area contributed by atoms with Gasteiger partial charge in [0.25, 0.3) is 0 Å². The number of rotatable bonds is 7. The Kier molecular flexibility index (Phi) is 5.91. The number of amides is 1. The number of thiazole rings is 1. The van der Waals surface area contributed by atoms with Gasteiger partial charge in [0.2, 0.25) is 5.91 Å². The highest BCUT2D eigenvalue weighted by atomic mass is 32.1. The van der Waals surface area contributed by atoms with Crippen molar-refractivity contribution >= 4 is 22.9 Å². The summed E-state index contributed by atoms with van der Waals surface area (Å²) in [6, 6.07) is 7.47. The summed E-state index contributed by atoms with van der Waals surface area (Å²) in [5, 5.41) is 6.23. The molecule has 0 radical (unpaired) electrons. The lowest BCUT2D eigenvalue weighted by atomic mass is 10.2. The smallest absolute Gasteiger partial charge is 0.226 e. The third-order valence-corrected chi connectivity index (χ3v) is 4.26. The van der Waals surface area contributed by atoms with Crippen molar-refractivity contribution in [2.75, 3.05) is 12.4 Å². The lowest BCUT2D eigenvalue weighted by Crippen LogP contribution is -2.30. The molecule has 1 aromatic carbocycles. The number of para-hydroxylation sites is 2. The van der Waals surface area contributed by atoms with Gasteiger partial charge in [0.05, 0.1) is 24.0 Å². The third kappa shape index (κ3) is 4.54. The second kappa shape index (κ2) is 7.91. The summed E-state index contributed by atoms with van der Waals surface area (Å²) in [4.78, 5) is 17.5. The molecule has 0 aliphatic heterocycles. The normalized spacial score (nSPS) is 12.0. The highest BCUT2D eigenvalue weighted by Gasteiger charge is 2.12. The van der Waals surface area contributed by atoms with Crippen LogP contribution in [0.4, 0.5) is 5.69 Å². The maximum absolute atomic E-state index is 12.1. The van der Waals surface area contributed by atoms with Crippen molar-refractivity contribution < 1.29 is 9.53 Å². The number of carbonyl (C=O) groups is 1. The average molecular weight is 319 g/mol. The molecule has 118 valence electrons. The van der Waals surface area contributed by atoms with Gasteiger partial charge in [-0.25, -0.2) is 4.98 Å². The molecule has 2 N–H and O–H groups in total. The Hall–Kier alpha value is -1.92. The molecule has 0 aliphatic carbocycles. The number of methoxy groups -OCH3 is 1. The first kappa shape index (κ1) is 16.5. The number of aryl methyl sites for hydroxylation is 1. The summed E-state index contributed by atoms with van der Waals surface area (Å²) in [5.41, 5.74) is 3.58. The van der Waals surface area contributed by atoms with Crippen molar-refractivity contribution in [1.29, 1.82) is 0 Å². The molecule has 1 unspecified atom stereocenters. The zero-order chi connectivity index (χ0) is 15.9. The van der Waals surface area contributed by atoms with Crippen LogP contribution in [0.2, 0.25) is 0 Å². The number of hydrogen-bond acceptors (Lipinski definition) is 5. The van der Waals surface area contributed by atoms with E-state index in [-0.39, 0.29) is 11.9 Å². The molecule has 0 fully saturated rings. The summed E-state index contributed by atoms with van der Waals surface area (Å²) in [7, 11) is 1.59. The van der Waals surface area contributed by atoms with E-state index in [1.54, 1.807) is 18.4 Å². The predicted molar refractivity (Wildman–Crippen MR) is 89.4 cm³/mol. The fraction of sp³-hybridized carbons (Fsp3) is 0.375. The zero-order valence-electron chi connectivity index (χ0n) is 13.1. The first-order chi connectivity index (χ1) is 10.6. The maximum Gasteiger partial charge on any atom is 0.226 e. The van der Waals surface area contributed by atoms with Gasteiger partial charge in [-0.3, -0.25) is 4.79 Å². The third-order valence-electron chi connectivity index (χ3n) is 3.33. The molecule has 0 aliphatic rings. The molecule has 0 spiro atoms. The summed E-state index contributed by atoms with van der Waals surface area (Å²) >= 11 is 1.63. The van der Waals surface area contributed by atoms with E-state index in [9.17, 15) is 4.79 Å². The Morgan fingerprint density at radius 3 is 2.86 bits per heavy atom. The topological polar surface area (TPSA) is 63.2 Å². The standard InChI is InChI=1S/C16H21N3O2S/c1-11(17-9-15-12(2)18-10-22-15)8-16(20)19-13-6-4-5-7-14(13)21-3/h4-7,10-11,17H,8-9H2,1-3H3,(H,19,20). The highest BCUT2D eigenvalue weighted by Crippen LogP contribution is 2.23. The molecule has 6 heteroatoms. The molecular weight excluding hydrogens is 298 g/mol. The van der Waals surface area contributed by atoms with Crippen LogP contribution in [0.3, 0.4) is 0 Å². The van der Waals surface area contributed by atoms with Crippen molar-refractivity contribution in [2.24, 2.45) is 0 Å². The van der Waals surface area contributed by atoms with Crippen LogP contribution in [0.15, 0.2) is 29.8 Å². The molecule has 22 heavy (non-hydrogen) atoms. The van der Waals surface area contributed by atoms with E-state index in [0.29, 0.717) is 17.9 Å². The number of carbonyl (C=O) groups excluding carboxylic acids is 1. The van der Waals surface area contributed by atoms with Gasteiger partial charge in [0.15, 0.2) is 0 Å². The van der Waals surface area contributed by atoms with Gasteiger partial charge in [-0.15, -0.1) is 11.3 Å². The second-order valence-corrected chi connectivity index (χ2v) is 6.03.